The Morgan fingerprint density at radius 2 is 1.92 bits per heavy atom. The van der Waals surface area contributed by atoms with E-state index in [-0.39, 0.29) is 5.75 Å². The SMILES string of the molecule is CN(C)C=CCCCCS(N)(=O)=O. The van der Waals surface area contributed by atoms with E-state index in [1.807, 2.05) is 31.3 Å². The van der Waals surface area contributed by atoms with Crippen molar-refractivity contribution in [1.29, 1.82) is 0 Å². The standard InChI is InChI=1S/C8H18N2O2S/c1-10(2)7-5-3-4-6-8-13(9,11)12/h5,7H,3-4,6,8H2,1-2H3,(H2,9,11,12). The van der Waals surface area contributed by atoms with E-state index in [2.05, 4.69) is 0 Å². The molecule has 13 heavy (non-hydrogen) atoms. The molecule has 0 aromatic heterocycles. The minimum absolute atomic E-state index is 0.0861. The molecule has 0 radical (unpaired) electrons. The second kappa shape index (κ2) is 5.99. The van der Waals surface area contributed by atoms with E-state index in [4.69, 9.17) is 5.14 Å². The van der Waals surface area contributed by atoms with Crippen LogP contribution in [0.3, 0.4) is 0 Å². The monoisotopic (exact) mass is 206 g/mol. The fraction of sp³-hybridized carbons (Fsp3) is 0.750. The van der Waals surface area contributed by atoms with Crippen molar-refractivity contribution in [3.05, 3.63) is 12.3 Å². The van der Waals surface area contributed by atoms with Gasteiger partial charge in [-0.25, -0.2) is 13.6 Å². The fourth-order valence-electron chi connectivity index (χ4n) is 0.851. The van der Waals surface area contributed by atoms with E-state index >= 15 is 0 Å². The number of rotatable bonds is 6. The highest BCUT2D eigenvalue weighted by Crippen LogP contribution is 1.98. The van der Waals surface area contributed by atoms with Crippen molar-refractivity contribution in [2.24, 2.45) is 5.14 Å². The Balaban J connectivity index is 3.38. The van der Waals surface area contributed by atoms with Crippen LogP contribution < -0.4 is 5.14 Å². The second-order valence-electron chi connectivity index (χ2n) is 3.21. The fourth-order valence-corrected chi connectivity index (χ4v) is 1.46. The van der Waals surface area contributed by atoms with Crippen molar-refractivity contribution in [3.63, 3.8) is 0 Å². The van der Waals surface area contributed by atoms with Crippen LogP contribution in [-0.2, 0) is 10.0 Å². The molecule has 0 saturated heterocycles. The van der Waals surface area contributed by atoms with E-state index in [0.717, 1.165) is 12.8 Å². The molecule has 0 spiro atoms. The van der Waals surface area contributed by atoms with Crippen molar-refractivity contribution in [2.75, 3.05) is 19.8 Å². The molecule has 0 amide bonds. The Kier molecular flexibility index (Phi) is 5.73. The number of unbranched alkanes of at least 4 members (excludes halogenated alkanes) is 2. The highest BCUT2D eigenvalue weighted by Gasteiger charge is 1.99. The van der Waals surface area contributed by atoms with Gasteiger partial charge in [0.15, 0.2) is 0 Å². The Labute approximate surface area is 80.5 Å². The zero-order chi connectivity index (χ0) is 10.3. The molecular weight excluding hydrogens is 188 g/mol. The minimum atomic E-state index is -3.26. The maximum Gasteiger partial charge on any atom is 0.209 e. The molecule has 78 valence electrons. The lowest BCUT2D eigenvalue weighted by atomic mass is 10.2. The van der Waals surface area contributed by atoms with Crippen LogP contribution in [0.25, 0.3) is 0 Å². The molecular formula is C8H18N2O2S. The molecule has 0 unspecified atom stereocenters. The van der Waals surface area contributed by atoms with Gasteiger partial charge in [0.05, 0.1) is 5.75 Å². The predicted molar refractivity (Wildman–Crippen MR) is 54.7 cm³/mol. The summed E-state index contributed by atoms with van der Waals surface area (Å²) < 4.78 is 21.0. The zero-order valence-electron chi connectivity index (χ0n) is 8.23. The molecule has 0 bridgehead atoms. The molecule has 0 rings (SSSR count). The third kappa shape index (κ3) is 11.5. The Morgan fingerprint density at radius 3 is 2.38 bits per heavy atom. The van der Waals surface area contributed by atoms with Crippen LogP contribution in [0.4, 0.5) is 0 Å². The number of hydrogen-bond donors (Lipinski definition) is 1. The third-order valence-corrected chi connectivity index (χ3v) is 2.31. The van der Waals surface area contributed by atoms with Gasteiger partial charge in [0.25, 0.3) is 0 Å². The summed E-state index contributed by atoms with van der Waals surface area (Å²) in [5.74, 6) is 0.0861. The molecule has 0 saturated carbocycles. The first-order valence-corrected chi connectivity index (χ1v) is 5.97. The van der Waals surface area contributed by atoms with E-state index in [1.54, 1.807) is 0 Å². The number of nitrogens with two attached hydrogens (primary N) is 1. The quantitative estimate of drug-likeness (QED) is 0.644. The molecule has 0 aromatic rings. The number of primary sulfonamides is 1. The predicted octanol–water partition coefficient (Wildman–Crippen LogP) is 0.521. The topological polar surface area (TPSA) is 63.4 Å². The first-order valence-electron chi connectivity index (χ1n) is 4.25. The van der Waals surface area contributed by atoms with Gasteiger partial charge in [-0.05, 0) is 25.5 Å². The Hall–Kier alpha value is -0.550. The molecule has 0 aliphatic carbocycles. The van der Waals surface area contributed by atoms with Gasteiger partial charge < -0.3 is 4.90 Å². The maximum absolute atomic E-state index is 10.5. The van der Waals surface area contributed by atoms with Crippen LogP contribution in [-0.4, -0.2) is 33.2 Å². The number of sulfonamides is 1. The van der Waals surface area contributed by atoms with Crippen LogP contribution in [0.1, 0.15) is 19.3 Å². The first-order chi connectivity index (χ1) is 5.92. The lowest BCUT2D eigenvalue weighted by molar-refractivity contribution is 0.559. The molecule has 0 atom stereocenters. The molecule has 0 fully saturated rings. The van der Waals surface area contributed by atoms with Crippen LogP contribution in [0.5, 0.6) is 0 Å². The molecule has 4 nitrogen and oxygen atoms in total. The largest absolute Gasteiger partial charge is 0.384 e. The summed E-state index contributed by atoms with van der Waals surface area (Å²) in [5, 5.41) is 4.84. The second-order valence-corrected chi connectivity index (χ2v) is 4.95. The highest BCUT2D eigenvalue weighted by molar-refractivity contribution is 7.89. The zero-order valence-corrected chi connectivity index (χ0v) is 9.05. The summed E-state index contributed by atoms with van der Waals surface area (Å²) in [7, 11) is 0.628. The van der Waals surface area contributed by atoms with Gasteiger partial charge in [0.1, 0.15) is 0 Å². The van der Waals surface area contributed by atoms with Gasteiger partial charge >= 0.3 is 0 Å². The van der Waals surface area contributed by atoms with Crippen molar-refractivity contribution in [1.82, 2.24) is 4.90 Å². The van der Waals surface area contributed by atoms with Crippen molar-refractivity contribution < 1.29 is 8.42 Å². The van der Waals surface area contributed by atoms with Gasteiger partial charge in [-0.2, -0.15) is 0 Å². The normalized spacial score (nSPS) is 12.2. The van der Waals surface area contributed by atoms with Gasteiger partial charge in [0.2, 0.25) is 10.0 Å². The summed E-state index contributed by atoms with van der Waals surface area (Å²) in [6, 6.07) is 0. The molecule has 5 heteroatoms. The lowest BCUT2D eigenvalue weighted by Crippen LogP contribution is -2.16. The summed E-state index contributed by atoms with van der Waals surface area (Å²) in [5.41, 5.74) is 0. The molecule has 0 aromatic carbocycles. The maximum atomic E-state index is 10.5. The van der Waals surface area contributed by atoms with Crippen molar-refractivity contribution in [2.45, 2.75) is 19.3 Å². The van der Waals surface area contributed by atoms with Gasteiger partial charge in [-0.1, -0.05) is 6.08 Å². The summed E-state index contributed by atoms with van der Waals surface area (Å²) in [4.78, 5) is 1.94. The van der Waals surface area contributed by atoms with Crippen LogP contribution in [0, 0.1) is 0 Å². The Bertz CT molecular complexity index is 245. The third-order valence-electron chi connectivity index (χ3n) is 1.45. The molecule has 2 N–H and O–H groups in total. The van der Waals surface area contributed by atoms with Gasteiger partial charge in [-0.3, -0.25) is 0 Å². The number of allylic oxidation sites excluding steroid dienone is 1. The van der Waals surface area contributed by atoms with Crippen LogP contribution >= 0.6 is 0 Å². The average molecular weight is 206 g/mol. The highest BCUT2D eigenvalue weighted by atomic mass is 32.2. The molecule has 0 aliphatic rings. The van der Waals surface area contributed by atoms with E-state index < -0.39 is 10.0 Å². The van der Waals surface area contributed by atoms with E-state index in [1.165, 1.54) is 0 Å². The van der Waals surface area contributed by atoms with Crippen LogP contribution in [0.2, 0.25) is 0 Å². The van der Waals surface area contributed by atoms with Crippen molar-refractivity contribution in [3.8, 4) is 0 Å². The summed E-state index contributed by atoms with van der Waals surface area (Å²) in [6.45, 7) is 0. The summed E-state index contributed by atoms with van der Waals surface area (Å²) in [6.07, 6.45) is 6.37. The average Bonchev–Trinajstić information content (AvgIpc) is 1.93. The first kappa shape index (κ1) is 12.4. The number of hydrogen-bond acceptors (Lipinski definition) is 3. The summed E-state index contributed by atoms with van der Waals surface area (Å²) >= 11 is 0. The van der Waals surface area contributed by atoms with Crippen LogP contribution in [0.15, 0.2) is 12.3 Å². The van der Waals surface area contributed by atoms with Gasteiger partial charge in [0, 0.05) is 14.1 Å². The molecule has 0 heterocycles. The number of nitrogens with zero attached hydrogens (tertiary/aromatic N) is 1. The van der Waals surface area contributed by atoms with Crippen molar-refractivity contribution >= 4 is 10.0 Å². The smallest absolute Gasteiger partial charge is 0.209 e. The van der Waals surface area contributed by atoms with E-state index in [0.29, 0.717) is 6.42 Å². The lowest BCUT2D eigenvalue weighted by Gasteiger charge is -2.02. The Morgan fingerprint density at radius 1 is 1.31 bits per heavy atom. The van der Waals surface area contributed by atoms with Gasteiger partial charge in [-0.15, -0.1) is 0 Å². The van der Waals surface area contributed by atoms with E-state index in [9.17, 15) is 8.42 Å². The molecule has 0 aliphatic heterocycles. The minimum Gasteiger partial charge on any atom is -0.384 e.